The summed E-state index contributed by atoms with van der Waals surface area (Å²) in [6.07, 6.45) is 3.21. The first-order valence-electron chi connectivity index (χ1n) is 8.71. The van der Waals surface area contributed by atoms with E-state index in [2.05, 4.69) is 9.88 Å². The van der Waals surface area contributed by atoms with Gasteiger partial charge in [0.25, 0.3) is 0 Å². The second kappa shape index (κ2) is 7.36. The van der Waals surface area contributed by atoms with Crippen LogP contribution < -0.4 is 4.74 Å². The Morgan fingerprint density at radius 2 is 2.08 bits per heavy atom. The number of ether oxygens (including phenoxy) is 1. The minimum absolute atomic E-state index is 0.0426. The van der Waals surface area contributed by atoms with Crippen LogP contribution in [0.25, 0.3) is 10.9 Å². The second-order valence-corrected chi connectivity index (χ2v) is 6.71. The van der Waals surface area contributed by atoms with E-state index in [0.717, 1.165) is 29.7 Å². The molecule has 1 aromatic heterocycles. The summed E-state index contributed by atoms with van der Waals surface area (Å²) >= 11 is 0. The lowest BCUT2D eigenvalue weighted by Crippen LogP contribution is -2.38. The fourth-order valence-corrected chi connectivity index (χ4v) is 3.53. The predicted molar refractivity (Wildman–Crippen MR) is 94.8 cm³/mol. The molecular weight excluding hydrogens is 304 g/mol. The van der Waals surface area contributed by atoms with Gasteiger partial charge in [-0.15, -0.1) is 0 Å². The first-order chi connectivity index (χ1) is 11.5. The number of likely N-dealkylation sites (tertiary alicyclic amines) is 1. The monoisotopic (exact) mass is 330 g/mol. The first kappa shape index (κ1) is 17.0. The maximum atomic E-state index is 11.8. The van der Waals surface area contributed by atoms with E-state index in [1.54, 1.807) is 6.92 Å². The van der Waals surface area contributed by atoms with E-state index in [0.29, 0.717) is 17.9 Å². The molecule has 2 aromatic rings. The molecule has 0 bridgehead atoms. The zero-order valence-corrected chi connectivity index (χ0v) is 14.5. The van der Waals surface area contributed by atoms with Crippen molar-refractivity contribution in [3.63, 3.8) is 0 Å². The molecule has 1 saturated heterocycles. The van der Waals surface area contributed by atoms with Gasteiger partial charge in [-0.2, -0.15) is 0 Å². The number of benzene rings is 1. The number of piperidine rings is 1. The van der Waals surface area contributed by atoms with Crippen molar-refractivity contribution in [1.82, 2.24) is 9.88 Å². The molecule has 2 N–H and O–H groups in total. The summed E-state index contributed by atoms with van der Waals surface area (Å²) in [7, 11) is 0. The number of hydrogen-bond donors (Lipinski definition) is 2. The number of aryl methyl sites for hydroxylation is 1. The molecule has 1 aliphatic rings. The lowest BCUT2D eigenvalue weighted by atomic mass is 10.1. The predicted octanol–water partition coefficient (Wildman–Crippen LogP) is 2.90. The molecule has 0 saturated carbocycles. The van der Waals surface area contributed by atoms with Crippen LogP contribution in [0.5, 0.6) is 5.75 Å². The molecule has 0 amide bonds. The molecule has 1 aliphatic heterocycles. The number of β-amino-alcohol motifs (C(OH)–C–C–N with tert-alkyl or cyclic N) is 1. The number of nitrogens with one attached hydrogen (secondary N) is 1. The topological polar surface area (TPSA) is 65.6 Å². The van der Waals surface area contributed by atoms with Gasteiger partial charge in [-0.1, -0.05) is 6.42 Å². The number of aliphatic hydroxyl groups is 1. The number of nitrogens with zero attached hydrogens (tertiary/aromatic N) is 1. The molecule has 3 rings (SSSR count). The van der Waals surface area contributed by atoms with Crippen LogP contribution in [-0.2, 0) is 0 Å². The lowest BCUT2D eigenvalue weighted by molar-refractivity contribution is 0.0617. The summed E-state index contributed by atoms with van der Waals surface area (Å²) in [5.41, 5.74) is 2.52. The molecule has 5 nitrogen and oxygen atoms in total. The second-order valence-electron chi connectivity index (χ2n) is 6.71. The molecule has 0 spiro atoms. The van der Waals surface area contributed by atoms with Crippen LogP contribution in [0, 0.1) is 6.92 Å². The highest BCUT2D eigenvalue weighted by Crippen LogP contribution is 2.27. The Morgan fingerprint density at radius 1 is 1.33 bits per heavy atom. The van der Waals surface area contributed by atoms with Crippen LogP contribution in [0.1, 0.15) is 42.2 Å². The van der Waals surface area contributed by atoms with Crippen LogP contribution in [-0.4, -0.2) is 53.1 Å². The van der Waals surface area contributed by atoms with Crippen molar-refractivity contribution in [3.8, 4) is 5.75 Å². The lowest BCUT2D eigenvalue weighted by Gasteiger charge is -2.28. The zero-order chi connectivity index (χ0) is 17.1. The molecule has 1 atom stereocenters. The highest BCUT2D eigenvalue weighted by atomic mass is 16.5. The molecule has 0 unspecified atom stereocenters. The third kappa shape index (κ3) is 3.79. The molecule has 0 radical (unpaired) electrons. The maximum Gasteiger partial charge on any atom is 0.162 e. The van der Waals surface area contributed by atoms with E-state index in [-0.39, 0.29) is 12.4 Å². The number of H-pyrrole nitrogens is 1. The first-order valence-corrected chi connectivity index (χ1v) is 8.71. The van der Waals surface area contributed by atoms with Gasteiger partial charge < -0.3 is 19.7 Å². The van der Waals surface area contributed by atoms with Crippen molar-refractivity contribution in [2.75, 3.05) is 26.2 Å². The Labute approximate surface area is 142 Å². The number of aromatic nitrogens is 1. The number of carbonyl (C=O) groups is 1. The summed E-state index contributed by atoms with van der Waals surface area (Å²) in [4.78, 5) is 17.4. The SMILES string of the molecule is CC(=O)c1c(C)[nH]c2ccc(OC[C@H](O)CN3CCCCC3)cc12. The third-order valence-electron chi connectivity index (χ3n) is 4.67. The van der Waals surface area contributed by atoms with E-state index in [4.69, 9.17) is 4.74 Å². The third-order valence-corrected chi connectivity index (χ3v) is 4.67. The fraction of sp³-hybridized carbons (Fsp3) is 0.526. The van der Waals surface area contributed by atoms with Crippen molar-refractivity contribution in [2.45, 2.75) is 39.2 Å². The smallest absolute Gasteiger partial charge is 0.162 e. The van der Waals surface area contributed by atoms with Gasteiger partial charge in [0.2, 0.25) is 0 Å². The average Bonchev–Trinajstić information content (AvgIpc) is 2.89. The molecule has 24 heavy (non-hydrogen) atoms. The van der Waals surface area contributed by atoms with Gasteiger partial charge in [-0.3, -0.25) is 4.79 Å². The highest BCUT2D eigenvalue weighted by molar-refractivity contribution is 6.08. The number of fused-ring (bicyclic) bond motifs is 1. The molecule has 1 aromatic carbocycles. The van der Waals surface area contributed by atoms with Crippen LogP contribution in [0.15, 0.2) is 18.2 Å². The number of aliphatic hydroxyl groups excluding tert-OH is 1. The average molecular weight is 330 g/mol. The van der Waals surface area contributed by atoms with Gasteiger partial charge >= 0.3 is 0 Å². The minimum atomic E-state index is -0.501. The standard InChI is InChI=1S/C19H26N2O3/c1-13-19(14(2)22)17-10-16(6-7-18(17)20-13)24-12-15(23)11-21-8-4-3-5-9-21/h6-7,10,15,20,23H,3-5,8-9,11-12H2,1-2H3/t15-/m1/s1. The van der Waals surface area contributed by atoms with Crippen molar-refractivity contribution >= 4 is 16.7 Å². The van der Waals surface area contributed by atoms with Gasteiger partial charge in [-0.25, -0.2) is 0 Å². The van der Waals surface area contributed by atoms with Gasteiger partial charge in [0.1, 0.15) is 18.5 Å². The summed E-state index contributed by atoms with van der Waals surface area (Å²) in [6.45, 7) is 6.53. The number of ketones is 1. The van der Waals surface area contributed by atoms with Gasteiger partial charge in [0.15, 0.2) is 5.78 Å². The fourth-order valence-electron chi connectivity index (χ4n) is 3.53. The van der Waals surface area contributed by atoms with Crippen LogP contribution in [0.3, 0.4) is 0 Å². The van der Waals surface area contributed by atoms with Crippen LogP contribution >= 0.6 is 0 Å². The van der Waals surface area contributed by atoms with Gasteiger partial charge in [-0.05, 0) is 58.0 Å². The Bertz CT molecular complexity index is 717. The Kier molecular flexibility index (Phi) is 5.21. The van der Waals surface area contributed by atoms with E-state index < -0.39 is 6.10 Å². The van der Waals surface area contributed by atoms with Crippen LogP contribution in [0.4, 0.5) is 0 Å². The van der Waals surface area contributed by atoms with Gasteiger partial charge in [0, 0.05) is 28.7 Å². The number of carbonyl (C=O) groups excluding carboxylic acids is 1. The minimum Gasteiger partial charge on any atom is -0.491 e. The Morgan fingerprint density at radius 3 is 2.79 bits per heavy atom. The summed E-state index contributed by atoms with van der Waals surface area (Å²) in [5.74, 6) is 0.725. The summed E-state index contributed by atoms with van der Waals surface area (Å²) in [5, 5.41) is 11.1. The highest BCUT2D eigenvalue weighted by Gasteiger charge is 2.16. The van der Waals surface area contributed by atoms with E-state index in [1.165, 1.54) is 19.3 Å². The van der Waals surface area contributed by atoms with Crippen LogP contribution in [0.2, 0.25) is 0 Å². The largest absolute Gasteiger partial charge is 0.491 e. The normalized spacial score (nSPS) is 17.1. The maximum absolute atomic E-state index is 11.8. The van der Waals surface area contributed by atoms with Crippen molar-refractivity contribution in [2.24, 2.45) is 0 Å². The number of rotatable bonds is 6. The quantitative estimate of drug-likeness (QED) is 0.799. The number of Topliss-reactive ketones (excluding diaryl/α,β-unsaturated/α-hetero) is 1. The molecule has 0 aliphatic carbocycles. The van der Waals surface area contributed by atoms with E-state index >= 15 is 0 Å². The van der Waals surface area contributed by atoms with Gasteiger partial charge in [0.05, 0.1) is 0 Å². The van der Waals surface area contributed by atoms with E-state index in [9.17, 15) is 9.90 Å². The molecule has 130 valence electrons. The van der Waals surface area contributed by atoms with Crippen molar-refractivity contribution in [3.05, 3.63) is 29.5 Å². The molecule has 1 fully saturated rings. The molecule has 5 heteroatoms. The molecule has 2 heterocycles. The summed E-state index contributed by atoms with van der Waals surface area (Å²) in [6, 6.07) is 5.67. The summed E-state index contributed by atoms with van der Waals surface area (Å²) < 4.78 is 5.76. The van der Waals surface area contributed by atoms with Crippen molar-refractivity contribution < 1.29 is 14.6 Å². The molecular formula is C19H26N2O3. The number of hydrogen-bond acceptors (Lipinski definition) is 4. The Hall–Kier alpha value is -1.85. The Balaban J connectivity index is 1.64. The zero-order valence-electron chi connectivity index (χ0n) is 14.5. The van der Waals surface area contributed by atoms with Crippen molar-refractivity contribution in [1.29, 1.82) is 0 Å². The van der Waals surface area contributed by atoms with E-state index in [1.807, 2.05) is 25.1 Å². The number of aromatic amines is 1.